The molecule has 7 N–H and O–H groups in total. The molecule has 8 nitrogen and oxygen atoms in total. The number of carbonyl (C=O) groups is 2. The van der Waals surface area contributed by atoms with Gasteiger partial charge in [-0.15, -0.1) is 0 Å². The maximum Gasteiger partial charge on any atom is 0.229 e. The Morgan fingerprint density at radius 2 is 1.68 bits per heavy atom. The highest BCUT2D eigenvalue weighted by molar-refractivity contribution is 8.22. The number of hydrogen-bond acceptors (Lipinski definition) is 9. The van der Waals surface area contributed by atoms with Gasteiger partial charge in [-0.1, -0.05) is 30.9 Å². The van der Waals surface area contributed by atoms with Crippen LogP contribution in [0.1, 0.15) is 20.3 Å². The van der Waals surface area contributed by atoms with Crippen LogP contribution < -0.4 is 5.73 Å². The largest absolute Gasteiger partial charge is 0.394 e. The maximum atomic E-state index is 10.9. The molecule has 0 aromatic rings. The summed E-state index contributed by atoms with van der Waals surface area (Å²) in [5.74, 6) is -1.20. The Morgan fingerprint density at radius 3 is 1.95 bits per heavy atom. The maximum absolute atomic E-state index is 10.9. The molecule has 0 aliphatic carbocycles. The molecule has 4 atom stereocenters. The molecule has 0 heterocycles. The molecular weight excluding hydrogens is 334 g/mol. The second kappa shape index (κ2) is 12.9. The molecule has 0 fully saturated rings. The van der Waals surface area contributed by atoms with E-state index in [9.17, 15) is 9.59 Å². The van der Waals surface area contributed by atoms with Crippen LogP contribution in [0.5, 0.6) is 0 Å². The summed E-state index contributed by atoms with van der Waals surface area (Å²) in [5.41, 5.74) is 5.17. The van der Waals surface area contributed by atoms with Crippen molar-refractivity contribution in [3.63, 3.8) is 0 Å². The van der Waals surface area contributed by atoms with Gasteiger partial charge in [0.05, 0.1) is 6.61 Å². The van der Waals surface area contributed by atoms with E-state index >= 15 is 0 Å². The van der Waals surface area contributed by atoms with E-state index in [1.54, 1.807) is 11.8 Å². The predicted molar refractivity (Wildman–Crippen MR) is 86.3 cm³/mol. The van der Waals surface area contributed by atoms with Gasteiger partial charge in [-0.05, 0) is 12.2 Å². The van der Waals surface area contributed by atoms with Gasteiger partial charge in [0.1, 0.15) is 28.7 Å². The number of hydrogen-bond donors (Lipinski definition) is 6. The minimum atomic E-state index is -2.11. The third-order valence-electron chi connectivity index (χ3n) is 2.32. The quantitative estimate of drug-likeness (QED) is 0.211. The Balaban J connectivity index is 0. The van der Waals surface area contributed by atoms with Crippen molar-refractivity contribution in [3.8, 4) is 0 Å². The summed E-state index contributed by atoms with van der Waals surface area (Å²) >= 11 is 6.14. The monoisotopic (exact) mass is 357 g/mol. The number of aliphatic hydroxyl groups is 5. The lowest BCUT2D eigenvalue weighted by Crippen LogP contribution is -2.49. The van der Waals surface area contributed by atoms with Crippen molar-refractivity contribution in [2.24, 2.45) is 5.73 Å². The number of Topliss-reactive ketones (excluding diaryl/α,β-unsaturated/α-hetero) is 2. The van der Waals surface area contributed by atoms with E-state index < -0.39 is 42.6 Å². The molecular formula is C12H23NO7S2. The molecule has 0 saturated carbocycles. The molecule has 0 aliphatic rings. The zero-order valence-electron chi connectivity index (χ0n) is 12.4. The smallest absolute Gasteiger partial charge is 0.229 e. The molecule has 0 rings (SSSR count). The predicted octanol–water partition coefficient (Wildman–Crippen LogP) is -2.05. The van der Waals surface area contributed by atoms with E-state index in [2.05, 4.69) is 19.1 Å². The Labute approximate surface area is 138 Å². The first-order valence-corrected chi connectivity index (χ1v) is 7.79. The third-order valence-corrected chi connectivity index (χ3v) is 3.57. The number of thiocarbonyl (C=S) groups is 1. The minimum absolute atomic E-state index is 0.557. The van der Waals surface area contributed by atoms with Gasteiger partial charge in [0, 0.05) is 6.92 Å². The van der Waals surface area contributed by atoms with Gasteiger partial charge in [0.25, 0.3) is 0 Å². The topological polar surface area (TPSA) is 161 Å². The molecule has 0 aromatic carbocycles. The van der Waals surface area contributed by atoms with Gasteiger partial charge >= 0.3 is 0 Å². The van der Waals surface area contributed by atoms with Crippen LogP contribution in [0.4, 0.5) is 0 Å². The second-order valence-corrected chi connectivity index (χ2v) is 6.10. The van der Waals surface area contributed by atoms with E-state index in [4.69, 9.17) is 31.3 Å². The molecule has 0 bridgehead atoms. The molecule has 22 heavy (non-hydrogen) atoms. The van der Waals surface area contributed by atoms with Crippen molar-refractivity contribution in [2.45, 2.75) is 44.7 Å². The first kappa shape index (κ1) is 23.6. The van der Waals surface area contributed by atoms with Gasteiger partial charge in [-0.2, -0.15) is 0 Å². The van der Waals surface area contributed by atoms with Crippen molar-refractivity contribution in [1.29, 1.82) is 0 Å². The molecule has 0 amide bonds. The summed E-state index contributed by atoms with van der Waals surface area (Å²) in [5, 5.41) is 44.7. The second-order valence-electron chi connectivity index (χ2n) is 4.26. The normalized spacial score (nSPS) is 15.8. The third kappa shape index (κ3) is 10.2. The summed E-state index contributed by atoms with van der Waals surface area (Å²) in [6.07, 6.45) is -6.60. The molecule has 0 aliphatic heterocycles. The number of ketones is 2. The average molecular weight is 357 g/mol. The van der Waals surface area contributed by atoms with Crippen molar-refractivity contribution in [2.75, 3.05) is 12.4 Å². The fourth-order valence-corrected chi connectivity index (χ4v) is 1.74. The zero-order chi connectivity index (χ0) is 17.9. The Bertz CT molecular complexity index is 367. The van der Waals surface area contributed by atoms with E-state index in [0.717, 1.165) is 19.1 Å². The Kier molecular flexibility index (Phi) is 13.8. The van der Waals surface area contributed by atoms with Gasteiger partial charge in [0.15, 0.2) is 5.78 Å². The number of rotatable bonds is 8. The molecule has 0 radical (unpaired) electrons. The fourth-order valence-electron chi connectivity index (χ4n) is 1.09. The zero-order valence-corrected chi connectivity index (χ0v) is 14.0. The van der Waals surface area contributed by atoms with Crippen LogP contribution in [0.2, 0.25) is 0 Å². The highest BCUT2D eigenvalue weighted by atomic mass is 32.2. The van der Waals surface area contributed by atoms with Gasteiger partial charge in [-0.25, -0.2) is 0 Å². The lowest BCUT2D eigenvalue weighted by Gasteiger charge is -2.24. The van der Waals surface area contributed by atoms with E-state index in [-0.39, 0.29) is 0 Å². The average Bonchev–Trinajstić information content (AvgIpc) is 2.49. The van der Waals surface area contributed by atoms with Crippen molar-refractivity contribution < 1.29 is 35.1 Å². The van der Waals surface area contributed by atoms with Gasteiger partial charge in [0.2, 0.25) is 5.78 Å². The molecule has 4 unspecified atom stereocenters. The van der Waals surface area contributed by atoms with Crippen molar-refractivity contribution >= 4 is 39.9 Å². The summed E-state index contributed by atoms with van der Waals surface area (Å²) in [4.78, 5) is 21.4. The molecule has 0 spiro atoms. The lowest BCUT2D eigenvalue weighted by molar-refractivity contribution is -0.153. The number of aliphatic hydroxyl groups excluding tert-OH is 5. The Morgan fingerprint density at radius 1 is 1.18 bits per heavy atom. The Hall–Kier alpha value is -0.620. The molecule has 10 heteroatoms. The summed E-state index contributed by atoms with van der Waals surface area (Å²) in [7, 11) is 0. The van der Waals surface area contributed by atoms with Crippen LogP contribution >= 0.6 is 24.0 Å². The lowest BCUT2D eigenvalue weighted by atomic mass is 9.99. The van der Waals surface area contributed by atoms with Crippen molar-refractivity contribution in [3.05, 3.63) is 0 Å². The van der Waals surface area contributed by atoms with Crippen LogP contribution in [-0.2, 0) is 9.59 Å². The van der Waals surface area contributed by atoms with Gasteiger partial charge < -0.3 is 31.3 Å². The fraction of sp³-hybridized carbons (Fsp3) is 0.750. The first-order chi connectivity index (χ1) is 10.1. The number of thioether (sulfide) groups is 1. The van der Waals surface area contributed by atoms with Crippen LogP contribution in [0, 0.1) is 0 Å². The van der Waals surface area contributed by atoms with Crippen LogP contribution in [-0.4, -0.2) is 78.2 Å². The standard InChI is InChI=1S/C8H14O7.C4H9NS2/c1-3(10)5(12)7(14)8(15)6(13)4(11)2-9;1-2-3-7-4(5)6/h4,6-9,11,13-15H,2H2,1H3;2-3H2,1H3,(H2,5,6). The first-order valence-electron chi connectivity index (χ1n) is 6.40. The van der Waals surface area contributed by atoms with E-state index in [1.165, 1.54) is 0 Å². The molecule has 0 saturated heterocycles. The van der Waals surface area contributed by atoms with Gasteiger partial charge in [-0.3, -0.25) is 9.59 Å². The SMILES string of the molecule is CC(=O)C(=O)C(O)C(O)C(O)C(O)CO.CCCSC(N)=S. The summed E-state index contributed by atoms with van der Waals surface area (Å²) in [6, 6.07) is 0. The highest BCUT2D eigenvalue weighted by Crippen LogP contribution is 2.06. The van der Waals surface area contributed by atoms with Crippen LogP contribution in [0.15, 0.2) is 0 Å². The number of nitrogens with two attached hydrogens (primary N) is 1. The van der Waals surface area contributed by atoms with Crippen LogP contribution in [0.25, 0.3) is 0 Å². The van der Waals surface area contributed by atoms with E-state index in [0.29, 0.717) is 4.32 Å². The summed E-state index contributed by atoms with van der Waals surface area (Å²) < 4.78 is 0.557. The number of carbonyl (C=O) groups excluding carboxylic acids is 2. The molecule has 130 valence electrons. The van der Waals surface area contributed by atoms with Crippen LogP contribution in [0.3, 0.4) is 0 Å². The summed E-state index contributed by atoms with van der Waals surface area (Å²) in [6.45, 7) is 2.15. The molecule has 0 aromatic heterocycles. The minimum Gasteiger partial charge on any atom is -0.394 e. The highest BCUT2D eigenvalue weighted by Gasteiger charge is 2.35. The van der Waals surface area contributed by atoms with E-state index in [1.807, 2.05) is 0 Å². The van der Waals surface area contributed by atoms with Crippen molar-refractivity contribution in [1.82, 2.24) is 0 Å².